The minimum atomic E-state index is 0.146. The van der Waals surface area contributed by atoms with Gasteiger partial charge in [-0.05, 0) is 43.5 Å². The van der Waals surface area contributed by atoms with Crippen molar-refractivity contribution in [3.8, 4) is 5.75 Å². The predicted molar refractivity (Wildman–Crippen MR) is 76.2 cm³/mol. The molecule has 0 amide bonds. The Morgan fingerprint density at radius 2 is 2.06 bits per heavy atom. The van der Waals surface area contributed by atoms with Gasteiger partial charge in [0.2, 0.25) is 0 Å². The van der Waals surface area contributed by atoms with Crippen molar-refractivity contribution in [2.75, 3.05) is 0 Å². The topological polar surface area (TPSA) is 35.2 Å². The SMILES string of the molecule is CCC1(CC)C(N)CC1Oc1ccc(Cl)c(C)c1. The average Bonchev–Trinajstić information content (AvgIpc) is 2.35. The van der Waals surface area contributed by atoms with Crippen molar-refractivity contribution in [1.29, 1.82) is 0 Å². The molecule has 1 fully saturated rings. The Morgan fingerprint density at radius 3 is 2.56 bits per heavy atom. The van der Waals surface area contributed by atoms with Gasteiger partial charge >= 0.3 is 0 Å². The van der Waals surface area contributed by atoms with Gasteiger partial charge in [-0.1, -0.05) is 25.4 Å². The first-order valence-corrected chi connectivity index (χ1v) is 7.09. The summed E-state index contributed by atoms with van der Waals surface area (Å²) in [6, 6.07) is 6.10. The molecule has 2 atom stereocenters. The van der Waals surface area contributed by atoms with E-state index in [1.165, 1.54) is 0 Å². The molecule has 100 valence electrons. The summed E-state index contributed by atoms with van der Waals surface area (Å²) >= 11 is 6.02. The summed E-state index contributed by atoms with van der Waals surface area (Å²) in [6.45, 7) is 6.40. The molecular weight excluding hydrogens is 246 g/mol. The molecule has 0 saturated heterocycles. The van der Waals surface area contributed by atoms with Crippen LogP contribution in [0.1, 0.15) is 38.7 Å². The molecule has 1 aliphatic carbocycles. The monoisotopic (exact) mass is 267 g/mol. The second kappa shape index (κ2) is 5.10. The van der Waals surface area contributed by atoms with E-state index in [2.05, 4.69) is 13.8 Å². The van der Waals surface area contributed by atoms with Gasteiger partial charge in [0.25, 0.3) is 0 Å². The first-order valence-electron chi connectivity index (χ1n) is 6.72. The van der Waals surface area contributed by atoms with Crippen LogP contribution in [0.25, 0.3) is 0 Å². The van der Waals surface area contributed by atoms with Gasteiger partial charge in [-0.15, -0.1) is 0 Å². The van der Waals surface area contributed by atoms with Crippen LogP contribution in [-0.2, 0) is 0 Å². The lowest BCUT2D eigenvalue weighted by Gasteiger charge is -2.53. The van der Waals surface area contributed by atoms with Gasteiger partial charge in [-0.25, -0.2) is 0 Å². The summed E-state index contributed by atoms with van der Waals surface area (Å²) in [5, 5.41) is 0.782. The zero-order chi connectivity index (χ0) is 13.3. The number of benzene rings is 1. The normalized spacial score (nSPS) is 25.6. The molecule has 2 N–H and O–H groups in total. The largest absolute Gasteiger partial charge is 0.490 e. The van der Waals surface area contributed by atoms with Crippen molar-refractivity contribution in [3.05, 3.63) is 28.8 Å². The fraction of sp³-hybridized carbons (Fsp3) is 0.600. The number of ether oxygens (including phenoxy) is 1. The molecule has 1 aromatic rings. The van der Waals surface area contributed by atoms with E-state index in [1.807, 2.05) is 25.1 Å². The molecule has 0 heterocycles. The van der Waals surface area contributed by atoms with Crippen LogP contribution in [0.15, 0.2) is 18.2 Å². The first-order chi connectivity index (χ1) is 8.53. The molecule has 1 saturated carbocycles. The Kier molecular flexibility index (Phi) is 3.88. The maximum Gasteiger partial charge on any atom is 0.120 e. The van der Waals surface area contributed by atoms with E-state index < -0.39 is 0 Å². The molecular formula is C15H22ClNO. The van der Waals surface area contributed by atoms with Crippen molar-refractivity contribution in [3.63, 3.8) is 0 Å². The van der Waals surface area contributed by atoms with E-state index in [-0.39, 0.29) is 17.6 Å². The van der Waals surface area contributed by atoms with Crippen LogP contribution in [0, 0.1) is 12.3 Å². The number of nitrogens with two attached hydrogens (primary N) is 1. The van der Waals surface area contributed by atoms with Crippen LogP contribution >= 0.6 is 11.6 Å². The van der Waals surface area contributed by atoms with Crippen molar-refractivity contribution in [2.45, 2.75) is 52.2 Å². The van der Waals surface area contributed by atoms with Gasteiger partial charge in [0.15, 0.2) is 0 Å². The molecule has 0 aliphatic heterocycles. The summed E-state index contributed by atoms with van der Waals surface area (Å²) in [5.74, 6) is 0.903. The maximum absolute atomic E-state index is 6.18. The van der Waals surface area contributed by atoms with Gasteiger partial charge in [0, 0.05) is 22.9 Å². The third-order valence-corrected chi connectivity index (χ3v) is 5.00. The molecule has 0 bridgehead atoms. The minimum Gasteiger partial charge on any atom is -0.490 e. The highest BCUT2D eigenvalue weighted by atomic mass is 35.5. The van der Waals surface area contributed by atoms with Crippen molar-refractivity contribution in [1.82, 2.24) is 0 Å². The first kappa shape index (κ1) is 13.7. The number of halogens is 1. The van der Waals surface area contributed by atoms with Crippen molar-refractivity contribution >= 4 is 11.6 Å². The quantitative estimate of drug-likeness (QED) is 0.897. The molecule has 1 aromatic carbocycles. The zero-order valence-electron chi connectivity index (χ0n) is 11.4. The lowest BCUT2D eigenvalue weighted by atomic mass is 9.59. The second-order valence-corrected chi connectivity index (χ2v) is 5.71. The number of rotatable bonds is 4. The van der Waals surface area contributed by atoms with Crippen LogP contribution in [-0.4, -0.2) is 12.1 Å². The smallest absolute Gasteiger partial charge is 0.120 e. The fourth-order valence-electron chi connectivity index (χ4n) is 3.03. The summed E-state index contributed by atoms with van der Waals surface area (Å²) < 4.78 is 6.12. The molecule has 18 heavy (non-hydrogen) atoms. The summed E-state index contributed by atoms with van der Waals surface area (Å²) in [6.07, 6.45) is 3.33. The Hall–Kier alpha value is -0.730. The Balaban J connectivity index is 2.12. The van der Waals surface area contributed by atoms with Gasteiger partial charge in [0.05, 0.1) is 0 Å². The van der Waals surface area contributed by atoms with Crippen molar-refractivity contribution in [2.24, 2.45) is 11.1 Å². The standard InChI is InChI=1S/C15H22ClNO/c1-4-15(5-2)13(17)9-14(15)18-11-6-7-12(16)10(3)8-11/h6-8,13-14H,4-5,9,17H2,1-3H3. The van der Waals surface area contributed by atoms with E-state index in [0.717, 1.165) is 35.6 Å². The molecule has 3 heteroatoms. The second-order valence-electron chi connectivity index (χ2n) is 5.30. The fourth-order valence-corrected chi connectivity index (χ4v) is 3.15. The summed E-state index contributed by atoms with van der Waals surface area (Å²) in [5.41, 5.74) is 7.37. The predicted octanol–water partition coefficient (Wildman–Crippen LogP) is 3.93. The van der Waals surface area contributed by atoms with E-state index in [9.17, 15) is 0 Å². The third-order valence-electron chi connectivity index (χ3n) is 4.57. The third kappa shape index (κ3) is 2.12. The maximum atomic E-state index is 6.18. The van der Waals surface area contributed by atoms with Gasteiger partial charge in [0.1, 0.15) is 11.9 Å². The van der Waals surface area contributed by atoms with Crippen LogP contribution in [0.4, 0.5) is 0 Å². The number of hydrogen-bond acceptors (Lipinski definition) is 2. The zero-order valence-corrected chi connectivity index (χ0v) is 12.1. The molecule has 2 unspecified atom stereocenters. The van der Waals surface area contributed by atoms with Gasteiger partial charge < -0.3 is 10.5 Å². The minimum absolute atomic E-state index is 0.146. The molecule has 2 nitrogen and oxygen atoms in total. The Morgan fingerprint density at radius 1 is 1.39 bits per heavy atom. The Bertz CT molecular complexity index is 429. The van der Waals surface area contributed by atoms with Crippen LogP contribution in [0.2, 0.25) is 5.02 Å². The molecule has 1 aliphatic rings. The highest BCUT2D eigenvalue weighted by Crippen LogP contribution is 2.47. The molecule has 0 aromatic heterocycles. The van der Waals surface area contributed by atoms with Gasteiger partial charge in [-0.3, -0.25) is 0 Å². The lowest BCUT2D eigenvalue weighted by Crippen LogP contribution is -2.62. The van der Waals surface area contributed by atoms with Crippen LogP contribution in [0.5, 0.6) is 5.75 Å². The number of hydrogen-bond donors (Lipinski definition) is 1. The number of aryl methyl sites for hydroxylation is 1. The van der Waals surface area contributed by atoms with E-state index in [4.69, 9.17) is 22.1 Å². The van der Waals surface area contributed by atoms with E-state index >= 15 is 0 Å². The highest BCUT2D eigenvalue weighted by Gasteiger charge is 2.52. The van der Waals surface area contributed by atoms with Crippen molar-refractivity contribution < 1.29 is 4.74 Å². The summed E-state index contributed by atoms with van der Waals surface area (Å²) in [7, 11) is 0. The van der Waals surface area contributed by atoms with E-state index in [1.54, 1.807) is 0 Å². The van der Waals surface area contributed by atoms with E-state index in [0.29, 0.717) is 0 Å². The summed E-state index contributed by atoms with van der Waals surface area (Å²) in [4.78, 5) is 0. The molecule has 0 radical (unpaired) electrons. The van der Waals surface area contributed by atoms with Crippen LogP contribution < -0.4 is 10.5 Å². The molecule has 0 spiro atoms. The Labute approximate surface area is 114 Å². The average molecular weight is 268 g/mol. The van der Waals surface area contributed by atoms with Crippen LogP contribution in [0.3, 0.4) is 0 Å². The molecule has 2 rings (SSSR count). The van der Waals surface area contributed by atoms with Gasteiger partial charge in [-0.2, -0.15) is 0 Å². The highest BCUT2D eigenvalue weighted by molar-refractivity contribution is 6.31. The lowest BCUT2D eigenvalue weighted by molar-refractivity contribution is -0.0722.